The Kier molecular flexibility index (Phi) is 67.7. The molecule has 19 heteroatoms. The van der Waals surface area contributed by atoms with Crippen molar-refractivity contribution in [2.24, 2.45) is 5.92 Å². The Balaban J connectivity index is 5.25. The Morgan fingerprint density at radius 1 is 0.295 bits per heavy atom. The Bertz CT molecular complexity index is 1820. The zero-order chi connectivity index (χ0) is 69.8. The van der Waals surface area contributed by atoms with Gasteiger partial charge in [-0.1, -0.05) is 349 Å². The summed E-state index contributed by atoms with van der Waals surface area (Å²) in [5.74, 6) is -1.31. The van der Waals surface area contributed by atoms with Crippen molar-refractivity contribution in [2.45, 2.75) is 419 Å². The standard InChI is InChI=1S/C76H148O17P2/c1-6-10-13-16-19-22-25-27-29-31-33-35-41-46-51-56-61-75(80)92-72(66-87-74(79)60-55-50-45-40-34-32-30-28-26-23-20-17-14-11-7-2)68-91-95(84,85)89-64-70(77)63-88-94(82,83)90-67-71(65-86-73(78)59-54-49-44-39-24-21-18-15-12-8-3)93-76(81)62-57-52-47-42-37-36-38-43-48-53-58-69(5)9-4/h69-72,77H,6-68H2,1-5H3,(H,82,83)(H,84,85)/t69?,70-,71+,72+/m0/s1. The number of rotatable bonds is 76. The van der Waals surface area contributed by atoms with Crippen LogP contribution in [0.1, 0.15) is 401 Å². The molecule has 3 N–H and O–H groups in total. The van der Waals surface area contributed by atoms with Crippen LogP contribution in [0.15, 0.2) is 0 Å². The molecule has 0 bridgehead atoms. The van der Waals surface area contributed by atoms with E-state index in [4.69, 9.17) is 37.0 Å². The van der Waals surface area contributed by atoms with Gasteiger partial charge in [-0.2, -0.15) is 0 Å². The molecule has 0 aliphatic rings. The first-order chi connectivity index (χ1) is 46.1. The molecule has 0 aliphatic carbocycles. The summed E-state index contributed by atoms with van der Waals surface area (Å²) >= 11 is 0. The van der Waals surface area contributed by atoms with E-state index in [9.17, 15) is 43.2 Å². The van der Waals surface area contributed by atoms with Crippen LogP contribution in [0.4, 0.5) is 0 Å². The molecule has 0 aliphatic heterocycles. The Labute approximate surface area is 581 Å². The minimum Gasteiger partial charge on any atom is -0.462 e. The van der Waals surface area contributed by atoms with Crippen LogP contribution in [0.2, 0.25) is 0 Å². The second-order valence-electron chi connectivity index (χ2n) is 27.6. The van der Waals surface area contributed by atoms with E-state index in [1.807, 2.05) is 0 Å². The molecule has 0 aromatic rings. The summed E-state index contributed by atoms with van der Waals surface area (Å²) in [7, 11) is -9.91. The molecule has 0 fully saturated rings. The van der Waals surface area contributed by atoms with Crippen LogP contribution in [0, 0.1) is 5.92 Å². The van der Waals surface area contributed by atoms with Crippen LogP contribution in [0.25, 0.3) is 0 Å². The lowest BCUT2D eigenvalue weighted by Gasteiger charge is -2.21. The molecule has 564 valence electrons. The van der Waals surface area contributed by atoms with Crippen LogP contribution in [0.3, 0.4) is 0 Å². The molecule has 0 spiro atoms. The first-order valence-electron chi connectivity index (χ1n) is 39.7. The Morgan fingerprint density at radius 3 is 0.747 bits per heavy atom. The number of phosphoric acid groups is 2. The fourth-order valence-corrected chi connectivity index (χ4v) is 13.3. The molecule has 0 aromatic carbocycles. The third-order valence-electron chi connectivity index (χ3n) is 18.1. The quantitative estimate of drug-likeness (QED) is 0.0222. The largest absolute Gasteiger partial charge is 0.472 e. The van der Waals surface area contributed by atoms with Gasteiger partial charge in [0.1, 0.15) is 19.3 Å². The summed E-state index contributed by atoms with van der Waals surface area (Å²) in [5, 5.41) is 10.6. The van der Waals surface area contributed by atoms with Crippen molar-refractivity contribution >= 4 is 39.5 Å². The topological polar surface area (TPSA) is 237 Å². The second-order valence-corrected chi connectivity index (χ2v) is 30.5. The number of carbonyl (C=O) groups excluding carboxylic acids is 4. The fourth-order valence-electron chi connectivity index (χ4n) is 11.7. The van der Waals surface area contributed by atoms with E-state index in [1.165, 1.54) is 225 Å². The van der Waals surface area contributed by atoms with Crippen LogP contribution in [0.5, 0.6) is 0 Å². The first kappa shape index (κ1) is 93.1. The van der Waals surface area contributed by atoms with E-state index in [0.29, 0.717) is 25.7 Å². The first-order valence-corrected chi connectivity index (χ1v) is 42.7. The van der Waals surface area contributed by atoms with E-state index in [2.05, 4.69) is 34.6 Å². The van der Waals surface area contributed by atoms with E-state index in [-0.39, 0.29) is 25.7 Å². The van der Waals surface area contributed by atoms with Gasteiger partial charge in [0.25, 0.3) is 0 Å². The van der Waals surface area contributed by atoms with E-state index in [0.717, 1.165) is 95.8 Å². The third-order valence-corrected chi connectivity index (χ3v) is 20.0. The van der Waals surface area contributed by atoms with Gasteiger partial charge in [-0.15, -0.1) is 0 Å². The van der Waals surface area contributed by atoms with Gasteiger partial charge in [0.2, 0.25) is 0 Å². The van der Waals surface area contributed by atoms with Crippen LogP contribution >= 0.6 is 15.6 Å². The predicted octanol–water partition coefficient (Wildman–Crippen LogP) is 22.5. The van der Waals surface area contributed by atoms with Gasteiger partial charge in [-0.3, -0.25) is 37.3 Å². The van der Waals surface area contributed by atoms with Gasteiger partial charge < -0.3 is 33.8 Å². The highest BCUT2D eigenvalue weighted by atomic mass is 31.2. The highest BCUT2D eigenvalue weighted by molar-refractivity contribution is 7.47. The van der Waals surface area contributed by atoms with Gasteiger partial charge in [0.05, 0.1) is 26.4 Å². The van der Waals surface area contributed by atoms with E-state index in [1.54, 1.807) is 0 Å². The van der Waals surface area contributed by atoms with E-state index >= 15 is 0 Å². The normalized spacial score (nSPS) is 14.2. The number of esters is 4. The average Bonchev–Trinajstić information content (AvgIpc) is 1.62. The lowest BCUT2D eigenvalue weighted by Crippen LogP contribution is -2.30. The lowest BCUT2D eigenvalue weighted by atomic mass is 9.99. The summed E-state index contributed by atoms with van der Waals surface area (Å²) in [6, 6.07) is 0. The number of phosphoric ester groups is 2. The van der Waals surface area contributed by atoms with Crippen molar-refractivity contribution in [3.8, 4) is 0 Å². The van der Waals surface area contributed by atoms with Gasteiger partial charge in [-0.25, -0.2) is 9.13 Å². The molecule has 0 heterocycles. The van der Waals surface area contributed by atoms with Gasteiger partial charge in [-0.05, 0) is 31.6 Å². The summed E-state index contributed by atoms with van der Waals surface area (Å²) < 4.78 is 68.5. The molecule has 17 nitrogen and oxygen atoms in total. The van der Waals surface area contributed by atoms with Crippen LogP contribution in [-0.4, -0.2) is 96.7 Å². The zero-order valence-corrected chi connectivity index (χ0v) is 63.6. The van der Waals surface area contributed by atoms with Crippen molar-refractivity contribution in [2.75, 3.05) is 39.6 Å². The lowest BCUT2D eigenvalue weighted by molar-refractivity contribution is -0.161. The Morgan fingerprint density at radius 2 is 0.505 bits per heavy atom. The minimum absolute atomic E-state index is 0.107. The van der Waals surface area contributed by atoms with Crippen molar-refractivity contribution in [1.29, 1.82) is 0 Å². The molecule has 0 amide bonds. The molecule has 95 heavy (non-hydrogen) atoms. The molecule has 0 aromatic heterocycles. The molecular formula is C76H148O17P2. The monoisotopic (exact) mass is 1400 g/mol. The van der Waals surface area contributed by atoms with Gasteiger partial charge >= 0.3 is 39.5 Å². The molecule has 0 radical (unpaired) electrons. The Hall–Kier alpha value is -1.94. The maximum Gasteiger partial charge on any atom is 0.472 e. The highest BCUT2D eigenvalue weighted by Crippen LogP contribution is 2.45. The number of ether oxygens (including phenoxy) is 4. The molecule has 0 saturated heterocycles. The predicted molar refractivity (Wildman–Crippen MR) is 386 cm³/mol. The SMILES string of the molecule is CCCCCCCCCCCCCCCCCCC(=O)O[C@H](COC(=O)CCCCCCCCCCCCCCCCC)COP(=O)(O)OC[C@@H](O)COP(=O)(O)OC[C@@H](COC(=O)CCCCCCCCCCCC)OC(=O)CCCCCCCCCCCCC(C)CC. The van der Waals surface area contributed by atoms with Gasteiger partial charge in [0, 0.05) is 25.7 Å². The summed E-state index contributed by atoms with van der Waals surface area (Å²) in [5.41, 5.74) is 0. The van der Waals surface area contributed by atoms with Crippen LogP contribution < -0.4 is 0 Å². The van der Waals surface area contributed by atoms with Crippen molar-refractivity contribution in [3.63, 3.8) is 0 Å². The second kappa shape index (κ2) is 69.2. The third kappa shape index (κ3) is 69.0. The molecule has 3 unspecified atom stereocenters. The van der Waals surface area contributed by atoms with Gasteiger partial charge in [0.15, 0.2) is 12.2 Å². The number of aliphatic hydroxyl groups is 1. The number of hydrogen-bond acceptors (Lipinski definition) is 15. The minimum atomic E-state index is -4.96. The summed E-state index contributed by atoms with van der Waals surface area (Å²) in [4.78, 5) is 72.8. The number of aliphatic hydroxyl groups excluding tert-OH is 1. The van der Waals surface area contributed by atoms with Crippen molar-refractivity contribution in [3.05, 3.63) is 0 Å². The maximum atomic E-state index is 13.1. The zero-order valence-electron chi connectivity index (χ0n) is 61.8. The van der Waals surface area contributed by atoms with Crippen molar-refractivity contribution < 1.29 is 80.2 Å². The molecule has 0 saturated carbocycles. The van der Waals surface area contributed by atoms with Crippen molar-refractivity contribution in [1.82, 2.24) is 0 Å². The maximum absolute atomic E-state index is 13.1. The number of hydrogen-bond donors (Lipinski definition) is 3. The summed E-state index contributed by atoms with van der Waals surface area (Å²) in [6.07, 6.45) is 58.0. The number of unbranched alkanes of at least 4 members (excludes halogenated alkanes) is 47. The molecule has 6 atom stereocenters. The van der Waals surface area contributed by atoms with E-state index < -0.39 is 97.5 Å². The van der Waals surface area contributed by atoms with Crippen LogP contribution in [-0.2, 0) is 65.4 Å². The number of carbonyl (C=O) groups is 4. The molecular weight excluding hydrogens is 1250 g/mol. The fraction of sp³-hybridized carbons (Fsp3) is 0.947. The molecule has 0 rings (SSSR count). The highest BCUT2D eigenvalue weighted by Gasteiger charge is 2.30. The average molecular weight is 1400 g/mol. The smallest absolute Gasteiger partial charge is 0.462 e. The summed E-state index contributed by atoms with van der Waals surface area (Å²) in [6.45, 7) is 7.32.